The maximum absolute atomic E-state index is 10.7. The standard InChI is InChI=1S/C12H11ClN4O2/c1-7-10(3-4-19-8(2)18)12(13)17-11(15-7)5-9(6-14)16-17/h5H,3-4H2,1-2H3. The van der Waals surface area contributed by atoms with Crippen LogP contribution in [-0.4, -0.2) is 27.2 Å². The Bertz CT molecular complexity index is 687. The van der Waals surface area contributed by atoms with Crippen LogP contribution < -0.4 is 0 Å². The monoisotopic (exact) mass is 278 g/mol. The van der Waals surface area contributed by atoms with Gasteiger partial charge in [0.2, 0.25) is 0 Å². The number of fused-ring (bicyclic) bond motifs is 1. The molecule has 6 nitrogen and oxygen atoms in total. The van der Waals surface area contributed by atoms with E-state index in [-0.39, 0.29) is 18.3 Å². The number of halogens is 1. The van der Waals surface area contributed by atoms with Gasteiger partial charge in [-0.15, -0.1) is 0 Å². The van der Waals surface area contributed by atoms with Crippen LogP contribution in [0.25, 0.3) is 5.65 Å². The van der Waals surface area contributed by atoms with E-state index in [9.17, 15) is 4.79 Å². The van der Waals surface area contributed by atoms with Gasteiger partial charge in [0.25, 0.3) is 0 Å². The maximum atomic E-state index is 10.7. The first-order valence-corrected chi connectivity index (χ1v) is 5.99. The van der Waals surface area contributed by atoms with Gasteiger partial charge in [0.15, 0.2) is 11.3 Å². The van der Waals surface area contributed by atoms with Crippen molar-refractivity contribution >= 4 is 23.2 Å². The quantitative estimate of drug-likeness (QED) is 0.630. The number of nitrogens with zero attached hydrogens (tertiary/aromatic N) is 4. The summed E-state index contributed by atoms with van der Waals surface area (Å²) in [4.78, 5) is 15.1. The summed E-state index contributed by atoms with van der Waals surface area (Å²) in [6.45, 7) is 3.39. The Morgan fingerprint density at radius 1 is 1.63 bits per heavy atom. The van der Waals surface area contributed by atoms with E-state index in [0.717, 1.165) is 11.3 Å². The number of ether oxygens (including phenoxy) is 1. The molecule has 19 heavy (non-hydrogen) atoms. The fraction of sp³-hybridized carbons (Fsp3) is 0.333. The normalized spacial score (nSPS) is 10.4. The molecule has 0 fully saturated rings. The minimum Gasteiger partial charge on any atom is -0.466 e. The fourth-order valence-corrected chi connectivity index (χ4v) is 2.10. The van der Waals surface area contributed by atoms with Gasteiger partial charge in [-0.2, -0.15) is 10.4 Å². The average molecular weight is 279 g/mol. The van der Waals surface area contributed by atoms with Crippen LogP contribution in [0.4, 0.5) is 0 Å². The van der Waals surface area contributed by atoms with Crippen LogP contribution in [0.5, 0.6) is 0 Å². The summed E-state index contributed by atoms with van der Waals surface area (Å²) in [5.41, 5.74) is 2.26. The number of rotatable bonds is 3. The Morgan fingerprint density at radius 3 is 3.00 bits per heavy atom. The lowest BCUT2D eigenvalue weighted by atomic mass is 10.2. The SMILES string of the molecule is CC(=O)OCCc1c(C)nc2cc(C#N)nn2c1Cl. The molecule has 0 bridgehead atoms. The lowest BCUT2D eigenvalue weighted by Crippen LogP contribution is -2.08. The lowest BCUT2D eigenvalue weighted by Gasteiger charge is -2.09. The van der Waals surface area contributed by atoms with Gasteiger partial charge < -0.3 is 4.74 Å². The second-order valence-electron chi connectivity index (χ2n) is 3.97. The summed E-state index contributed by atoms with van der Waals surface area (Å²) in [5.74, 6) is -0.339. The topological polar surface area (TPSA) is 80.3 Å². The molecular formula is C12H11ClN4O2. The summed E-state index contributed by atoms with van der Waals surface area (Å²) < 4.78 is 6.30. The van der Waals surface area contributed by atoms with Crippen LogP contribution in [0.3, 0.4) is 0 Å². The van der Waals surface area contributed by atoms with Gasteiger partial charge in [0.1, 0.15) is 11.2 Å². The zero-order valence-corrected chi connectivity index (χ0v) is 11.2. The number of aromatic nitrogens is 3. The van der Waals surface area contributed by atoms with Gasteiger partial charge in [0.05, 0.1) is 6.61 Å². The van der Waals surface area contributed by atoms with E-state index in [0.29, 0.717) is 17.2 Å². The lowest BCUT2D eigenvalue weighted by molar-refractivity contribution is -0.140. The first kappa shape index (κ1) is 13.3. The Kier molecular flexibility index (Phi) is 3.67. The van der Waals surface area contributed by atoms with E-state index in [2.05, 4.69) is 10.1 Å². The molecule has 2 heterocycles. The third kappa shape index (κ3) is 2.66. The summed E-state index contributed by atoms with van der Waals surface area (Å²) in [5, 5.41) is 13.2. The van der Waals surface area contributed by atoms with Crippen molar-refractivity contribution in [2.45, 2.75) is 20.3 Å². The summed E-state index contributed by atoms with van der Waals surface area (Å²) in [6.07, 6.45) is 0.453. The van der Waals surface area contributed by atoms with Gasteiger partial charge in [-0.25, -0.2) is 9.50 Å². The van der Waals surface area contributed by atoms with Gasteiger partial charge >= 0.3 is 5.97 Å². The Balaban J connectivity index is 2.38. The number of aryl methyl sites for hydroxylation is 1. The van der Waals surface area contributed by atoms with E-state index >= 15 is 0 Å². The van der Waals surface area contributed by atoms with E-state index in [4.69, 9.17) is 21.6 Å². The fourth-order valence-electron chi connectivity index (χ4n) is 1.75. The molecule has 2 rings (SSSR count). The third-order valence-corrected chi connectivity index (χ3v) is 3.00. The molecule has 7 heteroatoms. The van der Waals surface area contributed by atoms with Crippen LogP contribution in [0.1, 0.15) is 23.9 Å². The second kappa shape index (κ2) is 5.24. The first-order chi connectivity index (χ1) is 9.02. The van der Waals surface area contributed by atoms with Gasteiger partial charge in [-0.1, -0.05) is 11.6 Å². The first-order valence-electron chi connectivity index (χ1n) is 5.61. The van der Waals surface area contributed by atoms with E-state index in [1.165, 1.54) is 11.4 Å². The predicted molar refractivity (Wildman–Crippen MR) is 67.8 cm³/mol. The number of carbonyl (C=O) groups is 1. The van der Waals surface area contributed by atoms with E-state index in [1.54, 1.807) is 6.07 Å². The van der Waals surface area contributed by atoms with Gasteiger partial charge in [-0.05, 0) is 6.92 Å². The third-order valence-electron chi connectivity index (χ3n) is 2.62. The van der Waals surface area contributed by atoms with Crippen LogP contribution in [0.15, 0.2) is 6.07 Å². The number of esters is 1. The molecule has 98 valence electrons. The van der Waals surface area contributed by atoms with Crippen molar-refractivity contribution in [3.05, 3.63) is 28.2 Å². The van der Waals surface area contributed by atoms with Crippen LogP contribution in [-0.2, 0) is 16.0 Å². The summed E-state index contributed by atoms with van der Waals surface area (Å²) >= 11 is 6.24. The smallest absolute Gasteiger partial charge is 0.302 e. The molecule has 0 unspecified atom stereocenters. The van der Waals surface area contributed by atoms with E-state index < -0.39 is 0 Å². The summed E-state index contributed by atoms with van der Waals surface area (Å²) in [6, 6.07) is 3.50. The minimum atomic E-state index is -0.339. The molecule has 0 radical (unpaired) electrons. The number of hydrogen-bond acceptors (Lipinski definition) is 5. The van der Waals surface area contributed by atoms with Gasteiger partial charge in [0, 0.05) is 30.7 Å². The summed E-state index contributed by atoms with van der Waals surface area (Å²) in [7, 11) is 0. The van der Waals surface area contributed by atoms with Crippen LogP contribution >= 0.6 is 11.6 Å². The molecule has 0 atom stereocenters. The number of nitriles is 1. The van der Waals surface area contributed by atoms with Crippen molar-refractivity contribution < 1.29 is 9.53 Å². The predicted octanol–water partition coefficient (Wildman–Crippen LogP) is 1.67. The molecule has 0 N–H and O–H groups in total. The van der Waals surface area contributed by atoms with Crippen molar-refractivity contribution in [1.29, 1.82) is 5.26 Å². The average Bonchev–Trinajstić information content (AvgIpc) is 2.76. The second-order valence-corrected chi connectivity index (χ2v) is 4.33. The molecule has 0 aliphatic carbocycles. The number of carbonyl (C=O) groups excluding carboxylic acids is 1. The Morgan fingerprint density at radius 2 is 2.37 bits per heavy atom. The molecule has 0 saturated heterocycles. The molecule has 2 aromatic rings. The highest BCUT2D eigenvalue weighted by Gasteiger charge is 2.13. The highest BCUT2D eigenvalue weighted by molar-refractivity contribution is 6.30. The highest BCUT2D eigenvalue weighted by atomic mass is 35.5. The Hall–Kier alpha value is -2.13. The van der Waals surface area contributed by atoms with E-state index in [1.807, 2.05) is 13.0 Å². The molecule has 0 aromatic carbocycles. The molecule has 0 saturated carbocycles. The van der Waals surface area contributed by atoms with Crippen molar-refractivity contribution in [2.24, 2.45) is 0 Å². The zero-order chi connectivity index (χ0) is 14.0. The molecule has 0 spiro atoms. The van der Waals surface area contributed by atoms with Crippen molar-refractivity contribution in [3.8, 4) is 6.07 Å². The number of hydrogen-bond donors (Lipinski definition) is 0. The minimum absolute atomic E-state index is 0.232. The highest BCUT2D eigenvalue weighted by Crippen LogP contribution is 2.21. The molecule has 0 aliphatic heterocycles. The largest absolute Gasteiger partial charge is 0.466 e. The zero-order valence-electron chi connectivity index (χ0n) is 10.5. The van der Waals surface area contributed by atoms with Crippen molar-refractivity contribution in [3.63, 3.8) is 0 Å². The van der Waals surface area contributed by atoms with Crippen LogP contribution in [0.2, 0.25) is 5.15 Å². The van der Waals surface area contributed by atoms with Crippen molar-refractivity contribution in [2.75, 3.05) is 6.61 Å². The molecule has 0 amide bonds. The van der Waals surface area contributed by atoms with Gasteiger partial charge in [-0.3, -0.25) is 4.79 Å². The molecular weight excluding hydrogens is 268 g/mol. The maximum Gasteiger partial charge on any atom is 0.302 e. The Labute approximate surface area is 114 Å². The van der Waals surface area contributed by atoms with Crippen LogP contribution in [0, 0.1) is 18.3 Å². The van der Waals surface area contributed by atoms with Crippen molar-refractivity contribution in [1.82, 2.24) is 14.6 Å². The molecule has 0 aliphatic rings. The molecule has 2 aromatic heterocycles.